The molecule has 2 aliphatic carbocycles. The standard InChI is InChI=1S/C21H27NO3/c1-2-22(14-7-4-3-5-8-14)13-18-19(23)12-11-16-15-9-6-10-17(15)21(24)25-20(16)18/h11-12,14,23H,2-10,13H2,1H3/p+1. The summed E-state index contributed by atoms with van der Waals surface area (Å²) in [5, 5.41) is 11.5. The van der Waals surface area contributed by atoms with E-state index in [-0.39, 0.29) is 11.4 Å². The third-order valence-corrected chi connectivity index (χ3v) is 6.26. The fourth-order valence-electron chi connectivity index (χ4n) is 4.86. The molecule has 2 aliphatic rings. The monoisotopic (exact) mass is 342 g/mol. The maximum atomic E-state index is 12.4. The molecule has 0 spiro atoms. The topological polar surface area (TPSA) is 54.9 Å². The molecule has 2 aromatic rings. The summed E-state index contributed by atoms with van der Waals surface area (Å²) in [6, 6.07) is 4.35. The molecule has 25 heavy (non-hydrogen) atoms. The maximum absolute atomic E-state index is 12.4. The van der Waals surface area contributed by atoms with Gasteiger partial charge in [0, 0.05) is 10.9 Å². The maximum Gasteiger partial charge on any atom is 0.339 e. The second kappa shape index (κ2) is 6.83. The molecular weight excluding hydrogens is 314 g/mol. The summed E-state index contributed by atoms with van der Waals surface area (Å²) < 4.78 is 5.72. The Labute approximate surface area is 148 Å². The van der Waals surface area contributed by atoms with Crippen molar-refractivity contribution in [2.45, 2.75) is 70.9 Å². The second-order valence-corrected chi connectivity index (χ2v) is 7.66. The molecule has 4 heteroatoms. The largest absolute Gasteiger partial charge is 0.507 e. The molecule has 1 aromatic heterocycles. The lowest BCUT2D eigenvalue weighted by molar-refractivity contribution is -0.938. The third kappa shape index (κ3) is 2.97. The molecule has 1 unspecified atom stereocenters. The van der Waals surface area contributed by atoms with Crippen LogP contribution in [0.15, 0.2) is 21.3 Å². The van der Waals surface area contributed by atoms with E-state index >= 15 is 0 Å². The van der Waals surface area contributed by atoms with Gasteiger partial charge in [0.2, 0.25) is 0 Å². The minimum Gasteiger partial charge on any atom is -0.507 e. The van der Waals surface area contributed by atoms with Crippen LogP contribution in [0.2, 0.25) is 0 Å². The van der Waals surface area contributed by atoms with Crippen LogP contribution < -0.4 is 10.5 Å². The van der Waals surface area contributed by atoms with Crippen LogP contribution in [-0.2, 0) is 19.4 Å². The van der Waals surface area contributed by atoms with Crippen molar-refractivity contribution in [1.82, 2.24) is 0 Å². The van der Waals surface area contributed by atoms with Gasteiger partial charge in [-0.05, 0) is 69.6 Å². The first kappa shape index (κ1) is 16.6. The Morgan fingerprint density at radius 1 is 1.12 bits per heavy atom. The van der Waals surface area contributed by atoms with Gasteiger partial charge >= 0.3 is 5.63 Å². The molecule has 1 heterocycles. The van der Waals surface area contributed by atoms with Crippen LogP contribution in [0, 0.1) is 0 Å². The van der Waals surface area contributed by atoms with Gasteiger partial charge in [-0.3, -0.25) is 0 Å². The van der Waals surface area contributed by atoms with E-state index in [4.69, 9.17) is 4.42 Å². The highest BCUT2D eigenvalue weighted by molar-refractivity contribution is 5.86. The number of phenolic OH excluding ortho intramolecular Hbond substituents is 1. The lowest BCUT2D eigenvalue weighted by atomic mass is 9.93. The normalized spacial score (nSPS) is 19.2. The molecule has 1 saturated carbocycles. The minimum atomic E-state index is -0.206. The Bertz CT molecular complexity index is 833. The summed E-state index contributed by atoms with van der Waals surface area (Å²) >= 11 is 0. The Kier molecular flexibility index (Phi) is 4.55. The number of rotatable bonds is 4. The van der Waals surface area contributed by atoms with Crippen LogP contribution in [-0.4, -0.2) is 17.7 Å². The number of hydrogen-bond donors (Lipinski definition) is 2. The van der Waals surface area contributed by atoms with Crippen molar-refractivity contribution in [3.05, 3.63) is 39.2 Å². The van der Waals surface area contributed by atoms with Gasteiger partial charge < -0.3 is 14.4 Å². The SMILES string of the molecule is CC[NH+](Cc1c(O)ccc2c3c(c(=O)oc12)CCC3)C1CCCCC1. The Morgan fingerprint density at radius 2 is 1.88 bits per heavy atom. The van der Waals surface area contributed by atoms with E-state index in [1.54, 1.807) is 6.07 Å². The highest BCUT2D eigenvalue weighted by Gasteiger charge is 2.27. The molecule has 1 fully saturated rings. The van der Waals surface area contributed by atoms with Crippen molar-refractivity contribution in [3.63, 3.8) is 0 Å². The zero-order chi connectivity index (χ0) is 17.4. The van der Waals surface area contributed by atoms with E-state index < -0.39 is 0 Å². The Morgan fingerprint density at radius 3 is 2.64 bits per heavy atom. The Balaban J connectivity index is 1.77. The molecule has 0 saturated heterocycles. The molecule has 134 valence electrons. The summed E-state index contributed by atoms with van der Waals surface area (Å²) in [5.41, 5.74) is 3.21. The van der Waals surface area contributed by atoms with Gasteiger partial charge in [-0.25, -0.2) is 4.79 Å². The predicted molar refractivity (Wildman–Crippen MR) is 98.3 cm³/mol. The lowest BCUT2D eigenvalue weighted by Crippen LogP contribution is -3.14. The van der Waals surface area contributed by atoms with Crippen molar-refractivity contribution in [3.8, 4) is 5.75 Å². The van der Waals surface area contributed by atoms with E-state index in [9.17, 15) is 9.90 Å². The average molecular weight is 342 g/mol. The van der Waals surface area contributed by atoms with Crippen LogP contribution in [0.1, 0.15) is 62.1 Å². The van der Waals surface area contributed by atoms with Gasteiger partial charge in [-0.1, -0.05) is 6.42 Å². The molecule has 4 nitrogen and oxygen atoms in total. The predicted octanol–water partition coefficient (Wildman–Crippen LogP) is 2.72. The van der Waals surface area contributed by atoms with Crippen molar-refractivity contribution in [2.75, 3.05) is 6.54 Å². The first-order valence-corrected chi connectivity index (χ1v) is 9.83. The van der Waals surface area contributed by atoms with E-state index in [1.165, 1.54) is 37.0 Å². The number of phenols is 1. The number of hydrogen-bond acceptors (Lipinski definition) is 3. The van der Waals surface area contributed by atoms with E-state index in [1.807, 2.05) is 6.07 Å². The quantitative estimate of drug-likeness (QED) is 0.840. The minimum absolute atomic E-state index is 0.206. The van der Waals surface area contributed by atoms with E-state index in [0.717, 1.165) is 54.4 Å². The zero-order valence-corrected chi connectivity index (χ0v) is 15.1. The van der Waals surface area contributed by atoms with Gasteiger partial charge in [0.25, 0.3) is 0 Å². The summed E-state index contributed by atoms with van der Waals surface area (Å²) in [6.45, 7) is 3.96. The zero-order valence-electron chi connectivity index (χ0n) is 15.1. The molecule has 0 amide bonds. The van der Waals surface area contributed by atoms with Crippen LogP contribution >= 0.6 is 0 Å². The average Bonchev–Trinajstić information content (AvgIpc) is 3.13. The number of quaternary nitrogens is 1. The molecule has 0 bridgehead atoms. The van der Waals surface area contributed by atoms with Gasteiger partial charge in [0.1, 0.15) is 12.3 Å². The lowest BCUT2D eigenvalue weighted by Gasteiger charge is -2.30. The summed E-state index contributed by atoms with van der Waals surface area (Å²) in [5.74, 6) is 0.260. The number of fused-ring (bicyclic) bond motifs is 3. The second-order valence-electron chi connectivity index (χ2n) is 7.66. The molecular formula is C21H28NO3+. The van der Waals surface area contributed by atoms with Crippen LogP contribution in [0.3, 0.4) is 0 Å². The third-order valence-electron chi connectivity index (χ3n) is 6.26. The van der Waals surface area contributed by atoms with Crippen molar-refractivity contribution < 1.29 is 14.4 Å². The van der Waals surface area contributed by atoms with E-state index in [0.29, 0.717) is 11.6 Å². The van der Waals surface area contributed by atoms with Crippen molar-refractivity contribution >= 4 is 11.0 Å². The van der Waals surface area contributed by atoms with Gasteiger partial charge in [-0.15, -0.1) is 0 Å². The first-order valence-electron chi connectivity index (χ1n) is 9.83. The molecule has 2 N–H and O–H groups in total. The summed E-state index contributed by atoms with van der Waals surface area (Å²) in [7, 11) is 0. The smallest absolute Gasteiger partial charge is 0.339 e. The molecule has 1 atom stereocenters. The van der Waals surface area contributed by atoms with E-state index in [2.05, 4.69) is 6.92 Å². The highest BCUT2D eigenvalue weighted by atomic mass is 16.4. The van der Waals surface area contributed by atoms with Crippen LogP contribution in [0.25, 0.3) is 11.0 Å². The van der Waals surface area contributed by atoms with Crippen LogP contribution in [0.5, 0.6) is 5.75 Å². The number of aryl methyl sites for hydroxylation is 1. The van der Waals surface area contributed by atoms with Crippen LogP contribution in [0.4, 0.5) is 0 Å². The molecule has 4 rings (SSSR count). The van der Waals surface area contributed by atoms with Crippen molar-refractivity contribution in [2.24, 2.45) is 0 Å². The highest BCUT2D eigenvalue weighted by Crippen LogP contribution is 2.32. The van der Waals surface area contributed by atoms with Gasteiger partial charge in [-0.2, -0.15) is 0 Å². The molecule has 0 radical (unpaired) electrons. The number of nitrogens with one attached hydrogen (secondary N) is 1. The molecule has 1 aromatic carbocycles. The first-order chi connectivity index (χ1) is 12.2. The van der Waals surface area contributed by atoms with Gasteiger partial charge in [0.15, 0.2) is 5.58 Å². The fraction of sp³-hybridized carbons (Fsp3) is 0.571. The van der Waals surface area contributed by atoms with Gasteiger partial charge in [0.05, 0.1) is 18.2 Å². The Hall–Kier alpha value is -1.81. The fourth-order valence-corrected chi connectivity index (χ4v) is 4.86. The summed E-state index contributed by atoms with van der Waals surface area (Å²) in [6.07, 6.45) is 9.24. The van der Waals surface area contributed by atoms with Crippen molar-refractivity contribution in [1.29, 1.82) is 0 Å². The number of benzene rings is 1. The number of aromatic hydroxyl groups is 1. The molecule has 0 aliphatic heterocycles. The summed E-state index contributed by atoms with van der Waals surface area (Å²) in [4.78, 5) is 13.9.